The molecule has 0 aliphatic heterocycles. The predicted molar refractivity (Wildman–Crippen MR) is 215 cm³/mol. The Kier molecular flexibility index (Phi) is 6.51. The van der Waals surface area contributed by atoms with Crippen molar-refractivity contribution in [3.8, 4) is 27.9 Å². The Morgan fingerprint density at radius 2 is 0.980 bits per heavy atom. The Balaban J connectivity index is 1.10. The van der Waals surface area contributed by atoms with Gasteiger partial charge in [0.1, 0.15) is 0 Å². The minimum atomic E-state index is -0.0636. The molecule has 10 rings (SSSR count). The maximum Gasteiger partial charge on any atom is 0.0541 e. The van der Waals surface area contributed by atoms with Crippen molar-refractivity contribution in [2.75, 3.05) is 4.90 Å². The molecule has 246 valence electrons. The highest BCUT2D eigenvalue weighted by Crippen LogP contribution is 2.52. The van der Waals surface area contributed by atoms with Gasteiger partial charge < -0.3 is 9.47 Å². The number of hydrogen-bond donors (Lipinski definition) is 0. The molecule has 0 bridgehead atoms. The normalized spacial score (nSPS) is 16.8. The van der Waals surface area contributed by atoms with Crippen LogP contribution in [0, 0.1) is 0 Å². The second kappa shape index (κ2) is 11.1. The standard InChI is InChI=1S/C49H40N2/c1-31-32(2)44-29-35(51-47-20-12-9-17-41(47)42-18-10-13-21-48(42)51)23-26-38(44)37-25-22-34(28-43(31)37)50(33-14-6-5-7-15-33)36-24-27-40-39-16-8-11-19-45(39)49(3,4)46(40)30-36/h5-32H,1-4H3. The number of fused-ring (bicyclic) bond motifs is 9. The lowest BCUT2D eigenvalue weighted by atomic mass is 9.73. The molecule has 2 atom stereocenters. The van der Waals surface area contributed by atoms with E-state index in [-0.39, 0.29) is 5.41 Å². The third-order valence-corrected chi connectivity index (χ3v) is 12.0. The summed E-state index contributed by atoms with van der Waals surface area (Å²) in [5.41, 5.74) is 18.2. The van der Waals surface area contributed by atoms with E-state index < -0.39 is 0 Å². The molecule has 2 heteroatoms. The lowest BCUT2D eigenvalue weighted by molar-refractivity contribution is 0.616. The molecule has 1 heterocycles. The fourth-order valence-corrected chi connectivity index (χ4v) is 9.22. The van der Waals surface area contributed by atoms with Gasteiger partial charge in [0.05, 0.1) is 11.0 Å². The second-order valence-corrected chi connectivity index (χ2v) is 15.1. The molecule has 7 aromatic carbocycles. The third kappa shape index (κ3) is 4.36. The van der Waals surface area contributed by atoms with Gasteiger partial charge in [0, 0.05) is 38.9 Å². The molecule has 8 aromatic rings. The van der Waals surface area contributed by atoms with E-state index in [0.717, 1.165) is 0 Å². The Morgan fingerprint density at radius 3 is 1.69 bits per heavy atom. The number of anilines is 3. The average Bonchev–Trinajstić information content (AvgIpc) is 3.63. The van der Waals surface area contributed by atoms with Crippen LogP contribution in [-0.4, -0.2) is 4.57 Å². The van der Waals surface area contributed by atoms with E-state index in [0.29, 0.717) is 11.8 Å². The number of benzene rings is 7. The molecule has 1 aromatic heterocycles. The zero-order chi connectivity index (χ0) is 34.4. The Bertz CT molecular complexity index is 2610. The lowest BCUT2D eigenvalue weighted by Gasteiger charge is -2.34. The summed E-state index contributed by atoms with van der Waals surface area (Å²) in [4.78, 5) is 2.44. The van der Waals surface area contributed by atoms with Crippen molar-refractivity contribution in [3.63, 3.8) is 0 Å². The zero-order valence-corrected chi connectivity index (χ0v) is 29.6. The van der Waals surface area contributed by atoms with Gasteiger partial charge in [-0.2, -0.15) is 0 Å². The molecular formula is C49H40N2. The second-order valence-electron chi connectivity index (χ2n) is 15.1. The molecule has 0 saturated heterocycles. The van der Waals surface area contributed by atoms with Crippen LogP contribution in [0.3, 0.4) is 0 Å². The molecule has 0 N–H and O–H groups in total. The van der Waals surface area contributed by atoms with Gasteiger partial charge in [0.15, 0.2) is 0 Å². The molecule has 51 heavy (non-hydrogen) atoms. The Hall–Kier alpha value is -5.86. The van der Waals surface area contributed by atoms with Crippen LogP contribution < -0.4 is 4.90 Å². The van der Waals surface area contributed by atoms with E-state index in [1.807, 2.05) is 0 Å². The number of hydrogen-bond acceptors (Lipinski definition) is 1. The summed E-state index contributed by atoms with van der Waals surface area (Å²) >= 11 is 0. The first-order chi connectivity index (χ1) is 24.9. The van der Waals surface area contributed by atoms with E-state index in [4.69, 9.17) is 0 Å². The van der Waals surface area contributed by atoms with Crippen LogP contribution >= 0.6 is 0 Å². The van der Waals surface area contributed by atoms with Crippen molar-refractivity contribution in [2.45, 2.75) is 44.9 Å². The highest BCUT2D eigenvalue weighted by molar-refractivity contribution is 6.09. The fraction of sp³-hybridized carbons (Fsp3) is 0.143. The molecule has 2 nitrogen and oxygen atoms in total. The number of rotatable bonds is 4. The van der Waals surface area contributed by atoms with Gasteiger partial charge in [-0.1, -0.05) is 125 Å². The summed E-state index contributed by atoms with van der Waals surface area (Å²) in [6, 6.07) is 58.7. The fourth-order valence-electron chi connectivity index (χ4n) is 9.22. The highest BCUT2D eigenvalue weighted by Gasteiger charge is 2.36. The minimum absolute atomic E-state index is 0.0636. The molecule has 0 radical (unpaired) electrons. The summed E-state index contributed by atoms with van der Waals surface area (Å²) in [6.07, 6.45) is 0. The van der Waals surface area contributed by atoms with E-state index >= 15 is 0 Å². The van der Waals surface area contributed by atoms with Crippen molar-refractivity contribution in [1.29, 1.82) is 0 Å². The molecule has 2 aliphatic rings. The molecular weight excluding hydrogens is 617 g/mol. The molecule has 0 spiro atoms. The van der Waals surface area contributed by atoms with Crippen molar-refractivity contribution in [3.05, 3.63) is 180 Å². The van der Waals surface area contributed by atoms with Crippen LogP contribution in [-0.2, 0) is 5.41 Å². The van der Waals surface area contributed by atoms with Crippen LogP contribution in [0.15, 0.2) is 158 Å². The van der Waals surface area contributed by atoms with E-state index in [2.05, 4.69) is 195 Å². The molecule has 0 fully saturated rings. The predicted octanol–water partition coefficient (Wildman–Crippen LogP) is 13.4. The topological polar surface area (TPSA) is 8.17 Å². The average molecular weight is 657 g/mol. The van der Waals surface area contributed by atoms with Crippen molar-refractivity contribution in [2.24, 2.45) is 0 Å². The third-order valence-electron chi connectivity index (χ3n) is 12.0. The maximum absolute atomic E-state index is 2.46. The van der Waals surface area contributed by atoms with Gasteiger partial charge in [-0.05, 0) is 117 Å². The van der Waals surface area contributed by atoms with Gasteiger partial charge in [-0.3, -0.25) is 0 Å². The summed E-state index contributed by atoms with van der Waals surface area (Å²) in [5.74, 6) is 0.715. The van der Waals surface area contributed by atoms with Crippen LogP contribution in [0.25, 0.3) is 49.7 Å². The van der Waals surface area contributed by atoms with Crippen LogP contribution in [0.4, 0.5) is 17.1 Å². The SMILES string of the molecule is CC1c2cc(N(c3ccccc3)c3ccc4c(c3)C(C)(C)c3ccccc3-4)ccc2-c2ccc(-n3c4ccccc4c4ccccc43)cc2C1C. The summed E-state index contributed by atoms with van der Waals surface area (Å²) in [6.45, 7) is 9.54. The van der Waals surface area contributed by atoms with Gasteiger partial charge in [0.25, 0.3) is 0 Å². The lowest BCUT2D eigenvalue weighted by Crippen LogP contribution is -2.17. The first-order valence-corrected chi connectivity index (χ1v) is 18.3. The highest BCUT2D eigenvalue weighted by atomic mass is 15.1. The zero-order valence-electron chi connectivity index (χ0n) is 29.6. The quantitative estimate of drug-likeness (QED) is 0.183. The summed E-state index contributed by atoms with van der Waals surface area (Å²) in [5, 5.41) is 2.59. The van der Waals surface area contributed by atoms with E-state index in [9.17, 15) is 0 Å². The largest absolute Gasteiger partial charge is 0.310 e. The van der Waals surface area contributed by atoms with Crippen LogP contribution in [0.2, 0.25) is 0 Å². The van der Waals surface area contributed by atoms with Crippen LogP contribution in [0.5, 0.6) is 0 Å². The first kappa shape index (κ1) is 30.0. The molecule has 2 aliphatic carbocycles. The summed E-state index contributed by atoms with van der Waals surface area (Å²) < 4.78 is 2.44. The number of nitrogens with zero attached hydrogens (tertiary/aromatic N) is 2. The minimum Gasteiger partial charge on any atom is -0.310 e. The van der Waals surface area contributed by atoms with E-state index in [1.165, 1.54) is 89.1 Å². The van der Waals surface area contributed by atoms with Gasteiger partial charge in [-0.25, -0.2) is 0 Å². The van der Waals surface area contributed by atoms with Crippen molar-refractivity contribution >= 4 is 38.9 Å². The molecule has 0 saturated carbocycles. The Morgan fingerprint density at radius 1 is 0.451 bits per heavy atom. The van der Waals surface area contributed by atoms with Gasteiger partial charge in [-0.15, -0.1) is 0 Å². The smallest absolute Gasteiger partial charge is 0.0541 e. The molecule has 2 unspecified atom stereocenters. The first-order valence-electron chi connectivity index (χ1n) is 18.3. The number of aromatic nitrogens is 1. The van der Waals surface area contributed by atoms with Gasteiger partial charge >= 0.3 is 0 Å². The Labute approximate surface area is 300 Å². The van der Waals surface area contributed by atoms with Crippen LogP contribution in [0.1, 0.15) is 61.8 Å². The van der Waals surface area contributed by atoms with Crippen molar-refractivity contribution in [1.82, 2.24) is 4.57 Å². The maximum atomic E-state index is 2.46. The monoisotopic (exact) mass is 656 g/mol. The van der Waals surface area contributed by atoms with Crippen molar-refractivity contribution < 1.29 is 0 Å². The van der Waals surface area contributed by atoms with Gasteiger partial charge in [0.2, 0.25) is 0 Å². The molecule has 0 amide bonds. The number of para-hydroxylation sites is 3. The van der Waals surface area contributed by atoms with E-state index in [1.54, 1.807) is 0 Å². The summed E-state index contributed by atoms with van der Waals surface area (Å²) in [7, 11) is 0.